The molecule has 0 aliphatic carbocycles. The van der Waals surface area contributed by atoms with Gasteiger partial charge in [-0.1, -0.05) is 37.5 Å². The molecule has 0 saturated carbocycles. The zero-order valence-electron chi connectivity index (χ0n) is 27.2. The number of ether oxygens (including phenoxy) is 1. The zero-order chi connectivity index (χ0) is 30.5. The molecule has 47 heavy (non-hydrogen) atoms. The van der Waals surface area contributed by atoms with Gasteiger partial charge in [0.15, 0.2) is 9.84 Å². The maximum atomic E-state index is 14.9. The maximum Gasteiger partial charge on any atom is 0.210 e. The Morgan fingerprint density at radius 1 is 0.809 bits per heavy atom. The van der Waals surface area contributed by atoms with Gasteiger partial charge in [0.2, 0.25) is 5.36 Å². The van der Waals surface area contributed by atoms with Gasteiger partial charge in [-0.25, -0.2) is 13.0 Å². The number of anilines is 1. The van der Waals surface area contributed by atoms with Crippen molar-refractivity contribution in [1.29, 1.82) is 0 Å². The Morgan fingerprint density at radius 2 is 1.51 bits per heavy atom. The molecular weight excluding hydrogens is 649 g/mol. The predicted octanol–water partition coefficient (Wildman–Crippen LogP) is -1.17. The van der Waals surface area contributed by atoms with Crippen LogP contribution in [-0.2, 0) is 35.5 Å². The van der Waals surface area contributed by atoms with E-state index in [0.717, 1.165) is 131 Å². The van der Waals surface area contributed by atoms with Crippen LogP contribution in [0.2, 0.25) is 0 Å². The van der Waals surface area contributed by atoms with Crippen LogP contribution >= 0.6 is 0 Å². The van der Waals surface area contributed by atoms with Crippen LogP contribution in [0.25, 0.3) is 5.57 Å². The van der Waals surface area contributed by atoms with E-state index in [9.17, 15) is 8.42 Å². The van der Waals surface area contributed by atoms with Gasteiger partial charge in [-0.05, 0) is 93.3 Å². The van der Waals surface area contributed by atoms with Gasteiger partial charge in [0.25, 0.3) is 0 Å². The third-order valence-corrected chi connectivity index (χ3v) is 13.1. The summed E-state index contributed by atoms with van der Waals surface area (Å²) in [5.41, 5.74) is 14.5. The Morgan fingerprint density at radius 3 is 2.30 bits per heavy atom. The number of aryl methyl sites for hydroxylation is 2. The number of nitrogens with zero attached hydrogens (tertiary/aromatic N) is 2. The van der Waals surface area contributed by atoms with Crippen molar-refractivity contribution < 1.29 is 38.0 Å². The summed E-state index contributed by atoms with van der Waals surface area (Å²) in [5.74, 6) is 1.87. The van der Waals surface area contributed by atoms with Crippen LogP contribution in [0.5, 0.6) is 11.5 Å². The first-order valence-electron chi connectivity index (χ1n) is 17.5. The van der Waals surface area contributed by atoms with E-state index in [0.29, 0.717) is 17.9 Å². The van der Waals surface area contributed by atoms with Crippen molar-refractivity contribution in [2.24, 2.45) is 5.73 Å². The van der Waals surface area contributed by atoms with Crippen molar-refractivity contribution in [3.8, 4) is 11.5 Å². The average Bonchev–Trinajstić information content (AvgIpc) is 3.07. The van der Waals surface area contributed by atoms with E-state index >= 15 is 0 Å². The molecule has 8 rings (SSSR count). The van der Waals surface area contributed by atoms with Crippen LogP contribution in [0.4, 0.5) is 5.69 Å². The molecule has 0 amide bonds. The minimum absolute atomic E-state index is 0. The molecule has 5 aliphatic rings. The van der Waals surface area contributed by atoms with E-state index in [1.54, 1.807) is 12.1 Å². The molecule has 1 unspecified atom stereocenters. The quantitative estimate of drug-likeness (QED) is 0.226. The Balaban J connectivity index is 0.00000193. The van der Waals surface area contributed by atoms with E-state index in [4.69, 9.17) is 10.5 Å². The fourth-order valence-electron chi connectivity index (χ4n) is 8.95. The van der Waals surface area contributed by atoms with Gasteiger partial charge in [-0.2, -0.15) is 0 Å². The number of nitrogens with two attached hydrogens (primary N) is 1. The highest BCUT2D eigenvalue weighted by Crippen LogP contribution is 2.49. The molecule has 3 aromatic carbocycles. The summed E-state index contributed by atoms with van der Waals surface area (Å²) in [7, 11) is -3.69. The highest BCUT2D eigenvalue weighted by atomic mass is 35.5. The van der Waals surface area contributed by atoms with Crippen molar-refractivity contribution >= 4 is 21.1 Å². The molecule has 0 spiro atoms. The third kappa shape index (κ3) is 5.89. The lowest BCUT2D eigenvalue weighted by Gasteiger charge is -2.40. The third-order valence-electron chi connectivity index (χ3n) is 10.9. The van der Waals surface area contributed by atoms with E-state index in [-0.39, 0.29) is 24.8 Å². The van der Waals surface area contributed by atoms with E-state index in [1.807, 2.05) is 18.2 Å². The van der Waals surface area contributed by atoms with Gasteiger partial charge in [-0.3, -0.25) is 0 Å². The molecule has 9 heteroatoms. The maximum absolute atomic E-state index is 14.9. The first kappa shape index (κ1) is 34.3. The summed E-state index contributed by atoms with van der Waals surface area (Å²) >= 11 is 0. The first-order chi connectivity index (χ1) is 22.1. The molecule has 0 radical (unpaired) electrons. The highest BCUT2D eigenvalue weighted by Gasteiger charge is 2.40. The fourth-order valence-corrected chi connectivity index (χ4v) is 10.9. The fraction of sp³-hybridized carbons (Fsp3) is 0.500. The number of fused-ring (bicyclic) bond motifs is 4. The number of halogens is 2. The minimum Gasteiger partial charge on any atom is -1.00 e. The molecule has 6 nitrogen and oxygen atoms in total. The monoisotopic (exact) mass is 694 g/mol. The van der Waals surface area contributed by atoms with E-state index in [2.05, 4.69) is 21.6 Å². The predicted molar refractivity (Wildman–Crippen MR) is 181 cm³/mol. The molecule has 252 valence electrons. The number of hydrogen-bond donors (Lipinski definition) is 1. The first-order valence-corrected chi connectivity index (χ1v) is 19.0. The second kappa shape index (κ2) is 14.1. The molecule has 3 aromatic rings. The zero-order valence-corrected chi connectivity index (χ0v) is 29.5. The number of rotatable bonds is 9. The second-order valence-electron chi connectivity index (χ2n) is 13.7. The van der Waals surface area contributed by atoms with Crippen molar-refractivity contribution in [2.75, 3.05) is 37.6 Å². The van der Waals surface area contributed by atoms with Crippen LogP contribution in [0.15, 0.2) is 47.4 Å². The molecule has 0 aromatic heterocycles. The van der Waals surface area contributed by atoms with Crippen molar-refractivity contribution in [3.05, 3.63) is 80.9 Å². The van der Waals surface area contributed by atoms with Gasteiger partial charge >= 0.3 is 0 Å². The Hall–Kier alpha value is -2.58. The van der Waals surface area contributed by atoms with Gasteiger partial charge in [-0.15, -0.1) is 0 Å². The average molecular weight is 696 g/mol. The Kier molecular flexibility index (Phi) is 10.3. The van der Waals surface area contributed by atoms with Gasteiger partial charge in [0.1, 0.15) is 24.6 Å². The molecule has 1 atom stereocenters. The molecule has 0 bridgehead atoms. The Bertz CT molecular complexity index is 1890. The van der Waals surface area contributed by atoms with Gasteiger partial charge < -0.3 is 40.2 Å². The summed E-state index contributed by atoms with van der Waals surface area (Å²) in [4.78, 5) is 2.97. The second-order valence-corrected chi connectivity index (χ2v) is 15.9. The largest absolute Gasteiger partial charge is 1.00 e. The lowest BCUT2D eigenvalue weighted by atomic mass is 9.83. The van der Waals surface area contributed by atoms with Crippen molar-refractivity contribution in [1.82, 2.24) is 4.58 Å². The van der Waals surface area contributed by atoms with Crippen molar-refractivity contribution in [2.45, 2.75) is 93.6 Å². The molecule has 0 fully saturated rings. The van der Waals surface area contributed by atoms with Crippen LogP contribution in [-0.4, -0.2) is 46.4 Å². The molecule has 2 N–H and O–H groups in total. The van der Waals surface area contributed by atoms with Crippen LogP contribution in [0, 0.1) is 0 Å². The topological polar surface area (TPSA) is 75.6 Å². The molecular formula is C38H46Cl2N3O3S-. The van der Waals surface area contributed by atoms with Crippen LogP contribution in [0.3, 0.4) is 0 Å². The molecule has 0 saturated heterocycles. The molecule has 5 aliphatic heterocycles. The van der Waals surface area contributed by atoms with E-state index in [1.165, 1.54) is 33.3 Å². The highest BCUT2D eigenvalue weighted by molar-refractivity contribution is 7.92. The summed E-state index contributed by atoms with van der Waals surface area (Å²) in [6, 6.07) is 13.8. The lowest BCUT2D eigenvalue weighted by Crippen LogP contribution is -3.00. The normalized spacial score (nSPS) is 18.0. The summed E-state index contributed by atoms with van der Waals surface area (Å²) in [6.07, 6.45) is 12.9. The number of sulfone groups is 1. The number of hydrogen-bond acceptors (Lipinski definition) is 5. The summed E-state index contributed by atoms with van der Waals surface area (Å²) < 4.78 is 39.5. The van der Waals surface area contributed by atoms with Gasteiger partial charge in [0, 0.05) is 53.5 Å². The molecule has 5 heterocycles. The Labute approximate surface area is 291 Å². The number of unbranched alkanes of at least 4 members (excludes halogenated alkanes) is 3. The minimum atomic E-state index is -3.69. The van der Waals surface area contributed by atoms with E-state index < -0.39 is 15.1 Å². The van der Waals surface area contributed by atoms with Crippen LogP contribution < -0.4 is 55.3 Å². The smallest absolute Gasteiger partial charge is 0.210 e. The number of benzene rings is 3. The van der Waals surface area contributed by atoms with Crippen molar-refractivity contribution in [3.63, 3.8) is 0 Å². The van der Waals surface area contributed by atoms with Gasteiger partial charge in [0.05, 0.1) is 15.7 Å². The van der Waals surface area contributed by atoms with Crippen LogP contribution in [0.1, 0.15) is 85.6 Å². The SMILES string of the molecule is NCCCCCCC(C1=c2cc3c4c(c2Oc2c1cc1c5c2CCCN5CCC1)CCC[N+]=4CCC3)S(=O)(=O)c1ccccc1.[Cl-].[Cl-]. The standard InChI is InChI=1S/C38H46N3O3S.2ClH/c39-19-7-2-1-6-18-33(45(42,43)28-14-4-3-5-15-28)34-31-24-26-12-8-20-40-22-10-16-29(35(26)40)37(31)44-38-30-17-11-23-41-21-9-13-27(36(30)41)25-32(34)38;;/h3-5,14-15,24-25,33H,1-2,6-13,16-23,39H2;2*1H/q+1;;/p-2. The summed E-state index contributed by atoms with van der Waals surface area (Å²) in [6.45, 7) is 5.04. The lowest BCUT2D eigenvalue weighted by molar-refractivity contribution is -0.001000. The summed E-state index contributed by atoms with van der Waals surface area (Å²) in [5, 5.41) is 1.75.